The fraction of sp³-hybridized carbons (Fsp3) is 0.343. The summed E-state index contributed by atoms with van der Waals surface area (Å²) in [6.45, 7) is 3.27. The first-order valence-electron chi connectivity index (χ1n) is 15.7. The minimum absolute atomic E-state index is 0.279. The Morgan fingerprint density at radius 2 is 1.81 bits per heavy atom. The van der Waals surface area contributed by atoms with Gasteiger partial charge in [-0.05, 0) is 42.0 Å². The largest absolute Gasteiger partial charge is 0.491 e. The molecule has 0 bridgehead atoms. The highest BCUT2D eigenvalue weighted by molar-refractivity contribution is 6.35. The van der Waals surface area contributed by atoms with Gasteiger partial charge in [0.2, 0.25) is 5.79 Å². The number of carbonyl (C=O) groups excluding carboxylic acids is 2. The number of ether oxygens (including phenoxy) is 4. The Kier molecular flexibility index (Phi) is 10.7. The first kappa shape index (κ1) is 33.6. The van der Waals surface area contributed by atoms with Crippen LogP contribution < -0.4 is 15.0 Å². The zero-order valence-corrected chi connectivity index (χ0v) is 28.0. The van der Waals surface area contributed by atoms with Crippen LogP contribution in [-0.4, -0.2) is 85.1 Å². The molecule has 48 heavy (non-hydrogen) atoms. The molecular weight excluding hydrogens is 657 g/mol. The number of urea groups is 1. The monoisotopic (exact) mass is 693 g/mol. The Hall–Kier alpha value is -4.29. The van der Waals surface area contributed by atoms with Gasteiger partial charge in [-0.3, -0.25) is 0 Å². The predicted octanol–water partition coefficient (Wildman–Crippen LogP) is 5.15. The molecule has 2 fully saturated rings. The van der Waals surface area contributed by atoms with Crippen LogP contribution in [0.15, 0.2) is 91.5 Å². The smallest absolute Gasteiger partial charge is 0.328 e. The maximum absolute atomic E-state index is 13.1. The van der Waals surface area contributed by atoms with E-state index in [1.54, 1.807) is 29.6 Å². The molecule has 11 nitrogen and oxygen atoms in total. The van der Waals surface area contributed by atoms with E-state index in [0.29, 0.717) is 67.1 Å². The zero-order valence-electron chi connectivity index (χ0n) is 26.5. The minimum atomic E-state index is -1.12. The molecule has 2 saturated heterocycles. The van der Waals surface area contributed by atoms with Crippen molar-refractivity contribution >= 4 is 40.9 Å². The van der Waals surface area contributed by atoms with Crippen molar-refractivity contribution in [1.82, 2.24) is 19.8 Å². The fourth-order valence-corrected chi connectivity index (χ4v) is 6.46. The van der Waals surface area contributed by atoms with Gasteiger partial charge in [0.05, 0.1) is 31.6 Å². The van der Waals surface area contributed by atoms with Gasteiger partial charge in [0.1, 0.15) is 24.5 Å². The highest BCUT2D eigenvalue weighted by Crippen LogP contribution is 2.40. The second-order valence-electron chi connectivity index (χ2n) is 11.7. The quantitative estimate of drug-likeness (QED) is 0.215. The second-order valence-corrected chi connectivity index (χ2v) is 12.5. The average Bonchev–Trinajstić information content (AvgIpc) is 3.78. The van der Waals surface area contributed by atoms with Gasteiger partial charge in [-0.25, -0.2) is 14.6 Å². The van der Waals surface area contributed by atoms with E-state index in [0.717, 1.165) is 11.3 Å². The summed E-state index contributed by atoms with van der Waals surface area (Å²) in [7, 11) is 1.33. The normalized spacial score (nSPS) is 19.9. The van der Waals surface area contributed by atoms with Crippen molar-refractivity contribution in [3.8, 4) is 5.75 Å². The summed E-state index contributed by atoms with van der Waals surface area (Å²) in [5, 5.41) is 3.84. The Morgan fingerprint density at radius 3 is 2.50 bits per heavy atom. The van der Waals surface area contributed by atoms with E-state index in [4.69, 9.17) is 42.1 Å². The molecule has 252 valence electrons. The van der Waals surface area contributed by atoms with Crippen LogP contribution in [0.25, 0.3) is 0 Å². The van der Waals surface area contributed by atoms with E-state index >= 15 is 0 Å². The Bertz CT molecular complexity index is 1670. The molecule has 0 spiro atoms. The molecular formula is C35H37Cl2N5O6. The lowest BCUT2D eigenvalue weighted by atomic mass is 10.1. The van der Waals surface area contributed by atoms with Gasteiger partial charge < -0.3 is 38.6 Å². The summed E-state index contributed by atoms with van der Waals surface area (Å²) < 4.78 is 25.7. The number of amides is 2. The minimum Gasteiger partial charge on any atom is -0.491 e. The number of piperazine rings is 1. The molecule has 1 N–H and O–H groups in total. The summed E-state index contributed by atoms with van der Waals surface area (Å²) >= 11 is 12.7. The molecule has 2 amide bonds. The summed E-state index contributed by atoms with van der Waals surface area (Å²) in [5.74, 6) is -0.897. The van der Waals surface area contributed by atoms with E-state index in [9.17, 15) is 9.59 Å². The van der Waals surface area contributed by atoms with E-state index in [2.05, 4.69) is 15.2 Å². The summed E-state index contributed by atoms with van der Waals surface area (Å²) in [4.78, 5) is 33.5. The van der Waals surface area contributed by atoms with Crippen LogP contribution in [0, 0.1) is 0 Å². The zero-order chi connectivity index (χ0) is 33.5. The number of imidazole rings is 1. The Balaban J connectivity index is 1.00. The van der Waals surface area contributed by atoms with Gasteiger partial charge in [-0.15, -0.1) is 0 Å². The lowest BCUT2D eigenvalue weighted by molar-refractivity contribution is -0.189. The number of hydrogen-bond donors (Lipinski definition) is 1. The third-order valence-corrected chi connectivity index (χ3v) is 8.97. The molecule has 0 aliphatic carbocycles. The number of esters is 1. The Morgan fingerprint density at radius 1 is 1.04 bits per heavy atom. The van der Waals surface area contributed by atoms with Crippen LogP contribution in [0.5, 0.6) is 5.75 Å². The Labute approximate surface area is 289 Å². The van der Waals surface area contributed by atoms with Crippen molar-refractivity contribution in [2.24, 2.45) is 0 Å². The molecule has 2 aliphatic heterocycles. The van der Waals surface area contributed by atoms with Crippen LogP contribution in [0.4, 0.5) is 10.5 Å². The third kappa shape index (κ3) is 8.04. The van der Waals surface area contributed by atoms with Crippen molar-refractivity contribution in [3.63, 3.8) is 0 Å². The molecule has 3 atom stereocenters. The second kappa shape index (κ2) is 15.3. The number of nitrogens with zero attached hydrogens (tertiary/aromatic N) is 4. The van der Waals surface area contributed by atoms with Crippen molar-refractivity contribution in [3.05, 3.63) is 113 Å². The number of anilines is 1. The van der Waals surface area contributed by atoms with Crippen molar-refractivity contribution in [1.29, 1.82) is 0 Å². The van der Waals surface area contributed by atoms with Gasteiger partial charge >= 0.3 is 12.0 Å². The number of halogens is 2. The first-order chi connectivity index (χ1) is 23.3. The molecule has 3 aromatic carbocycles. The van der Waals surface area contributed by atoms with E-state index in [-0.39, 0.29) is 18.7 Å². The van der Waals surface area contributed by atoms with E-state index in [1.807, 2.05) is 71.4 Å². The number of methoxy groups -OCH3 is 1. The summed E-state index contributed by atoms with van der Waals surface area (Å²) in [6.07, 6.45) is 5.25. The maximum atomic E-state index is 13.1. The van der Waals surface area contributed by atoms with Gasteiger partial charge in [-0.2, -0.15) is 0 Å². The number of nitrogens with one attached hydrogen (secondary N) is 1. The maximum Gasteiger partial charge on any atom is 0.328 e. The van der Waals surface area contributed by atoms with Gasteiger partial charge in [0.15, 0.2) is 0 Å². The van der Waals surface area contributed by atoms with Crippen molar-refractivity contribution in [2.75, 3.05) is 51.4 Å². The van der Waals surface area contributed by atoms with Crippen LogP contribution in [-0.2, 0) is 37.8 Å². The summed E-state index contributed by atoms with van der Waals surface area (Å²) in [6, 6.07) is 21.6. The van der Waals surface area contributed by atoms with Crippen LogP contribution >= 0.6 is 23.2 Å². The van der Waals surface area contributed by atoms with Crippen molar-refractivity contribution < 1.29 is 28.5 Å². The van der Waals surface area contributed by atoms with Gasteiger partial charge in [-0.1, -0.05) is 59.6 Å². The molecule has 3 heterocycles. The average molecular weight is 695 g/mol. The topological polar surface area (TPSA) is 107 Å². The summed E-state index contributed by atoms with van der Waals surface area (Å²) in [5.41, 5.74) is 2.65. The first-order valence-corrected chi connectivity index (χ1v) is 16.5. The van der Waals surface area contributed by atoms with Gasteiger partial charge in [0.25, 0.3) is 0 Å². The number of aromatic nitrogens is 2. The van der Waals surface area contributed by atoms with Gasteiger partial charge in [0, 0.05) is 61.3 Å². The molecule has 0 unspecified atom stereocenters. The molecule has 1 aromatic heterocycles. The van der Waals surface area contributed by atoms with E-state index < -0.39 is 17.8 Å². The van der Waals surface area contributed by atoms with E-state index in [1.165, 1.54) is 7.11 Å². The standard InChI is InChI=1S/C35H37Cl2N5O6/c1-45-33(43)32(19-25-5-3-2-4-6-25)39-34(44)42-17-15-41(16-18-42)27-8-10-28(11-9-27)46-21-29-22-47-35(48-29,23-40-14-13-38-24-40)30-12-7-26(36)20-31(30)37/h2-14,20,24,29,32H,15-19,21-23H2,1H3,(H,39,44)/t29-,32-,35-/m0/s1. The highest BCUT2D eigenvalue weighted by Gasteiger charge is 2.45. The molecule has 4 aromatic rings. The van der Waals surface area contributed by atoms with Crippen LogP contribution in [0.1, 0.15) is 11.1 Å². The molecule has 0 saturated carbocycles. The number of rotatable bonds is 11. The van der Waals surface area contributed by atoms with Crippen molar-refractivity contribution in [2.45, 2.75) is 30.9 Å². The molecule has 2 aliphatic rings. The lowest BCUT2D eigenvalue weighted by Crippen LogP contribution is -2.55. The highest BCUT2D eigenvalue weighted by atomic mass is 35.5. The molecule has 13 heteroatoms. The lowest BCUT2D eigenvalue weighted by Gasteiger charge is -2.36. The van der Waals surface area contributed by atoms with Crippen LogP contribution in [0.2, 0.25) is 10.0 Å². The van der Waals surface area contributed by atoms with Crippen LogP contribution in [0.3, 0.4) is 0 Å². The molecule has 0 radical (unpaired) electrons. The number of benzene rings is 3. The number of carbonyl (C=O) groups is 2. The SMILES string of the molecule is COC(=O)[C@H](Cc1ccccc1)NC(=O)N1CCN(c2ccc(OC[C@H]3CO[C@](Cn4ccnc4)(c4ccc(Cl)cc4Cl)O3)cc2)CC1. The fourth-order valence-electron chi connectivity index (χ4n) is 5.91. The predicted molar refractivity (Wildman–Crippen MR) is 181 cm³/mol. The molecule has 6 rings (SSSR count). The number of hydrogen-bond acceptors (Lipinski definition) is 8. The third-order valence-electron chi connectivity index (χ3n) is 8.42.